The van der Waals surface area contributed by atoms with E-state index in [9.17, 15) is 4.79 Å². The van der Waals surface area contributed by atoms with Gasteiger partial charge in [-0.25, -0.2) is 9.18 Å². The molecule has 4 N–H and O–H groups in total. The van der Waals surface area contributed by atoms with Crippen molar-refractivity contribution < 1.29 is 18.3 Å². The van der Waals surface area contributed by atoms with Crippen LogP contribution in [0, 0.1) is 5.82 Å². The first kappa shape index (κ1) is 32.0. The molecular formula is C28H41BrFN3O3SSi. The molecule has 0 aliphatic heterocycles. The van der Waals surface area contributed by atoms with Gasteiger partial charge in [0.2, 0.25) is 0 Å². The van der Waals surface area contributed by atoms with Crippen molar-refractivity contribution >= 4 is 53.2 Å². The van der Waals surface area contributed by atoms with Crippen LogP contribution in [0.4, 0.5) is 14.9 Å². The number of nitrogens with two attached hydrogens (primary N) is 1. The molecule has 0 fully saturated rings. The lowest BCUT2D eigenvalue weighted by molar-refractivity contribution is 0.0523. The molecule has 38 heavy (non-hydrogen) atoms. The third-order valence-electron chi connectivity index (χ3n) is 6.48. The largest absolute Gasteiger partial charge is 0.542 e. The minimum atomic E-state index is -2.29. The van der Waals surface area contributed by atoms with Gasteiger partial charge >= 0.3 is 6.09 Å². The molecule has 0 bridgehead atoms. The molecule has 0 aliphatic rings. The first-order chi connectivity index (χ1) is 17.3. The lowest BCUT2D eigenvalue weighted by Crippen LogP contribution is -2.44. The Balaban J connectivity index is 2.40. The van der Waals surface area contributed by atoms with Crippen LogP contribution in [0.15, 0.2) is 34.8 Å². The molecule has 0 saturated carbocycles. The second kappa shape index (κ2) is 12.3. The molecule has 1 amide bonds. The summed E-state index contributed by atoms with van der Waals surface area (Å²) >= 11 is 8.90. The second-order valence-corrected chi connectivity index (χ2v) is 17.9. The number of benzene rings is 2. The molecule has 1 atom stereocenters. The van der Waals surface area contributed by atoms with E-state index in [4.69, 9.17) is 27.1 Å². The number of nitrogens with one attached hydrogen (secondary N) is 2. The highest BCUT2D eigenvalue weighted by Gasteiger charge is 2.40. The minimum Gasteiger partial charge on any atom is -0.542 e. The van der Waals surface area contributed by atoms with Gasteiger partial charge in [-0.3, -0.25) is 0 Å². The Labute approximate surface area is 241 Å². The van der Waals surface area contributed by atoms with Gasteiger partial charge in [-0.1, -0.05) is 61.9 Å². The Morgan fingerprint density at radius 3 is 2.32 bits per heavy atom. The van der Waals surface area contributed by atoms with E-state index in [1.165, 1.54) is 0 Å². The maximum atomic E-state index is 16.0. The normalized spacial score (nSPS) is 13.0. The number of carbonyl (C=O) groups is 1. The fourth-order valence-electron chi connectivity index (χ4n) is 3.35. The van der Waals surface area contributed by atoms with Gasteiger partial charge in [-0.05, 0) is 80.7 Å². The summed E-state index contributed by atoms with van der Waals surface area (Å²) in [5, 5.41) is 5.95. The zero-order valence-electron chi connectivity index (χ0n) is 23.8. The van der Waals surface area contributed by atoms with E-state index in [-0.39, 0.29) is 22.3 Å². The molecule has 0 aliphatic carbocycles. The number of alkyl carbamates (subject to hydrolysis) is 1. The number of carbonyl (C=O) groups excluding carboxylic acids is 1. The van der Waals surface area contributed by atoms with Gasteiger partial charge in [0.1, 0.15) is 22.4 Å². The zero-order valence-corrected chi connectivity index (χ0v) is 27.2. The van der Waals surface area contributed by atoms with E-state index in [0.29, 0.717) is 17.7 Å². The summed E-state index contributed by atoms with van der Waals surface area (Å²) in [6, 6.07) is 8.31. The molecule has 0 saturated heterocycles. The van der Waals surface area contributed by atoms with Crippen molar-refractivity contribution in [1.82, 2.24) is 5.32 Å². The van der Waals surface area contributed by atoms with Gasteiger partial charge in [0.15, 0.2) is 5.82 Å². The van der Waals surface area contributed by atoms with Crippen LogP contribution < -0.4 is 20.8 Å². The van der Waals surface area contributed by atoms with Crippen molar-refractivity contribution in [2.24, 2.45) is 5.73 Å². The minimum absolute atomic E-state index is 0.0934. The zero-order chi connectivity index (χ0) is 29.1. The molecule has 1 unspecified atom stereocenters. The van der Waals surface area contributed by atoms with E-state index < -0.39 is 31.9 Å². The number of amides is 1. The van der Waals surface area contributed by atoms with Gasteiger partial charge in [0, 0.05) is 22.3 Å². The van der Waals surface area contributed by atoms with Gasteiger partial charge in [0.05, 0.1) is 0 Å². The van der Waals surface area contributed by atoms with E-state index >= 15 is 4.39 Å². The molecular weight excluding hydrogens is 585 g/mol. The maximum absolute atomic E-state index is 16.0. The smallest absolute Gasteiger partial charge is 0.407 e. The predicted octanol–water partition coefficient (Wildman–Crippen LogP) is 8.00. The summed E-state index contributed by atoms with van der Waals surface area (Å²) in [5.74, 6) is -0.242. The molecule has 0 spiro atoms. The van der Waals surface area contributed by atoms with Gasteiger partial charge in [0.25, 0.3) is 8.32 Å². The van der Waals surface area contributed by atoms with Crippen LogP contribution in [0.2, 0.25) is 18.1 Å². The number of rotatable bonds is 9. The van der Waals surface area contributed by atoms with Crippen molar-refractivity contribution in [3.05, 3.63) is 57.3 Å². The lowest BCUT2D eigenvalue weighted by atomic mass is 10.0. The summed E-state index contributed by atoms with van der Waals surface area (Å²) in [6.07, 6.45) is 0.181. The van der Waals surface area contributed by atoms with Crippen molar-refractivity contribution in [2.45, 2.75) is 91.2 Å². The Kier molecular flexibility index (Phi) is 10.4. The van der Waals surface area contributed by atoms with Crippen molar-refractivity contribution in [3.8, 4) is 5.75 Å². The van der Waals surface area contributed by atoms with E-state index in [2.05, 4.69) is 60.4 Å². The quantitative estimate of drug-likeness (QED) is 0.193. The summed E-state index contributed by atoms with van der Waals surface area (Å²) in [6.45, 7) is 18.2. The number of anilines is 1. The Morgan fingerprint density at radius 1 is 1.16 bits per heavy atom. The van der Waals surface area contributed by atoms with Crippen LogP contribution in [0.3, 0.4) is 0 Å². The van der Waals surface area contributed by atoms with Crippen LogP contribution in [0.25, 0.3) is 0 Å². The third kappa shape index (κ3) is 8.67. The standard InChI is InChI=1S/C28H41BrFN3O3SSi/c1-10-17-13-20(23(30)22(14-17)36-38(8,9)28(5,6)7)24(25(31)37)33-19-11-12-21(29)18(15-19)16-32-26(34)35-27(2,3)4/h11-15,24,33H,10,16H2,1-9H3,(H2,31,37)(H,32,34). The number of thiocarbonyl (C=S) groups is 1. The monoisotopic (exact) mass is 625 g/mol. The second-order valence-electron chi connectivity index (χ2n) is 11.9. The number of ether oxygens (including phenoxy) is 1. The van der Waals surface area contributed by atoms with E-state index in [0.717, 1.165) is 15.6 Å². The van der Waals surface area contributed by atoms with Gasteiger partial charge < -0.3 is 25.5 Å². The number of hydrogen-bond acceptors (Lipinski definition) is 5. The molecule has 210 valence electrons. The maximum Gasteiger partial charge on any atom is 0.407 e. The molecule has 6 nitrogen and oxygen atoms in total. The summed E-state index contributed by atoms with van der Waals surface area (Å²) < 4.78 is 28.5. The third-order valence-corrected chi connectivity index (χ3v) is 11.8. The van der Waals surface area contributed by atoms with Crippen LogP contribution >= 0.6 is 28.1 Å². The molecule has 0 radical (unpaired) electrons. The average molecular weight is 627 g/mol. The van der Waals surface area contributed by atoms with Crippen LogP contribution in [-0.4, -0.2) is 25.0 Å². The average Bonchev–Trinajstić information content (AvgIpc) is 2.77. The molecule has 2 aromatic carbocycles. The van der Waals surface area contributed by atoms with Crippen LogP contribution in [-0.2, 0) is 17.7 Å². The first-order valence-corrected chi connectivity index (χ1v) is 16.8. The van der Waals surface area contributed by atoms with Crippen molar-refractivity contribution in [1.29, 1.82) is 0 Å². The van der Waals surface area contributed by atoms with Crippen molar-refractivity contribution in [2.75, 3.05) is 5.32 Å². The molecule has 10 heteroatoms. The molecule has 2 rings (SSSR count). The van der Waals surface area contributed by atoms with E-state index in [1.807, 2.05) is 25.1 Å². The topological polar surface area (TPSA) is 85.6 Å². The lowest BCUT2D eigenvalue weighted by Gasteiger charge is -2.37. The number of halogens is 2. The highest BCUT2D eigenvalue weighted by Crippen LogP contribution is 2.40. The fraction of sp³-hybridized carbons (Fsp3) is 0.500. The highest BCUT2D eigenvalue weighted by atomic mass is 79.9. The highest BCUT2D eigenvalue weighted by molar-refractivity contribution is 9.10. The fourth-order valence-corrected chi connectivity index (χ4v) is 4.92. The van der Waals surface area contributed by atoms with Crippen LogP contribution in [0.1, 0.15) is 71.2 Å². The summed E-state index contributed by atoms with van der Waals surface area (Å²) in [7, 11) is -2.29. The van der Waals surface area contributed by atoms with Crippen LogP contribution in [0.5, 0.6) is 5.75 Å². The Morgan fingerprint density at radius 2 is 1.79 bits per heavy atom. The molecule has 2 aromatic rings. The first-order valence-electron chi connectivity index (χ1n) is 12.7. The predicted molar refractivity (Wildman–Crippen MR) is 164 cm³/mol. The van der Waals surface area contributed by atoms with E-state index in [1.54, 1.807) is 32.9 Å². The van der Waals surface area contributed by atoms with Crippen molar-refractivity contribution in [3.63, 3.8) is 0 Å². The number of hydrogen-bond donors (Lipinski definition) is 3. The molecule has 0 heterocycles. The molecule has 0 aromatic heterocycles. The Hall–Kier alpha value is -2.17. The summed E-state index contributed by atoms with van der Waals surface area (Å²) in [4.78, 5) is 12.2. The SMILES string of the molecule is CCc1cc(O[Si](C)(C)C(C)(C)C)c(F)c(C(Nc2ccc(Br)c(CNC(=O)OC(C)(C)C)c2)C(N)=S)c1. The number of aryl methyl sites for hydroxylation is 1. The van der Waals surface area contributed by atoms with Gasteiger partial charge in [-0.15, -0.1) is 0 Å². The van der Waals surface area contributed by atoms with Gasteiger partial charge in [-0.2, -0.15) is 0 Å². The summed E-state index contributed by atoms with van der Waals surface area (Å²) in [5.41, 5.74) is 8.27. The Bertz CT molecular complexity index is 1180.